The molecule has 0 aliphatic rings. The number of nitrogens with two attached hydrogens (primary N) is 1. The number of ether oxygens (including phenoxy) is 3. The molecule has 0 radical (unpaired) electrons. The lowest BCUT2D eigenvalue weighted by molar-refractivity contribution is 0.0395. The van der Waals surface area contributed by atoms with Crippen molar-refractivity contribution in [2.45, 2.75) is 19.3 Å². The Bertz CT molecular complexity index is 154. The van der Waals surface area contributed by atoms with E-state index in [2.05, 4.69) is 0 Å². The van der Waals surface area contributed by atoms with Crippen molar-refractivity contribution in [3.05, 3.63) is 0 Å². The molecule has 0 spiro atoms. The summed E-state index contributed by atoms with van der Waals surface area (Å²) in [6.45, 7) is 3.31. The van der Waals surface area contributed by atoms with Crippen LogP contribution in [0.15, 0.2) is 0 Å². The van der Waals surface area contributed by atoms with Crippen molar-refractivity contribution in [3.8, 4) is 0 Å². The van der Waals surface area contributed by atoms with Gasteiger partial charge in [-0.3, -0.25) is 5.41 Å². The minimum Gasteiger partial charge on any atom is -0.388 e. The van der Waals surface area contributed by atoms with Gasteiger partial charge in [-0.1, -0.05) is 0 Å². The van der Waals surface area contributed by atoms with Crippen molar-refractivity contribution in [3.63, 3.8) is 0 Å². The molecule has 5 heteroatoms. The lowest BCUT2D eigenvalue weighted by Gasteiger charge is -2.05. The summed E-state index contributed by atoms with van der Waals surface area (Å²) < 4.78 is 15.5. The van der Waals surface area contributed by atoms with Gasteiger partial charge in [-0.15, -0.1) is 0 Å². The summed E-state index contributed by atoms with van der Waals surface area (Å²) >= 11 is 0. The summed E-state index contributed by atoms with van der Waals surface area (Å²) in [4.78, 5) is 0. The van der Waals surface area contributed by atoms with Gasteiger partial charge >= 0.3 is 0 Å². The average molecular weight is 218 g/mol. The van der Waals surface area contributed by atoms with Crippen LogP contribution >= 0.6 is 0 Å². The second-order valence-corrected chi connectivity index (χ2v) is 3.20. The van der Waals surface area contributed by atoms with Gasteiger partial charge in [0.1, 0.15) is 0 Å². The Morgan fingerprint density at radius 2 is 1.60 bits per heavy atom. The summed E-state index contributed by atoms with van der Waals surface area (Å²) in [5.41, 5.74) is 5.19. The monoisotopic (exact) mass is 218 g/mol. The molecule has 0 bridgehead atoms. The summed E-state index contributed by atoms with van der Waals surface area (Å²) in [6.07, 6.45) is 2.33. The molecule has 0 heterocycles. The largest absolute Gasteiger partial charge is 0.388 e. The first-order chi connectivity index (χ1) is 7.27. The maximum Gasteiger partial charge on any atom is 0.0906 e. The van der Waals surface area contributed by atoms with Gasteiger partial charge in [0, 0.05) is 33.4 Å². The van der Waals surface area contributed by atoms with Crippen LogP contribution in [0.2, 0.25) is 0 Å². The van der Waals surface area contributed by atoms with Gasteiger partial charge in [0.2, 0.25) is 0 Å². The van der Waals surface area contributed by atoms with E-state index >= 15 is 0 Å². The SMILES string of the molecule is COCCCOCCOCCCC(=N)N. The van der Waals surface area contributed by atoms with E-state index in [-0.39, 0.29) is 5.84 Å². The highest BCUT2D eigenvalue weighted by molar-refractivity contribution is 5.76. The molecule has 15 heavy (non-hydrogen) atoms. The number of amidine groups is 1. The highest BCUT2D eigenvalue weighted by atomic mass is 16.5. The Morgan fingerprint density at radius 3 is 2.13 bits per heavy atom. The highest BCUT2D eigenvalue weighted by Gasteiger charge is 1.92. The van der Waals surface area contributed by atoms with Gasteiger partial charge in [-0.2, -0.15) is 0 Å². The molecular weight excluding hydrogens is 196 g/mol. The Kier molecular flexibility index (Phi) is 10.9. The number of nitrogens with one attached hydrogen (secondary N) is 1. The lowest BCUT2D eigenvalue weighted by atomic mass is 10.3. The molecule has 0 aromatic heterocycles. The smallest absolute Gasteiger partial charge is 0.0906 e. The first-order valence-corrected chi connectivity index (χ1v) is 5.24. The van der Waals surface area contributed by atoms with Gasteiger partial charge < -0.3 is 19.9 Å². The van der Waals surface area contributed by atoms with Crippen LogP contribution in [0.3, 0.4) is 0 Å². The standard InChI is InChI=1S/C10H22N2O3/c1-13-5-3-7-15-9-8-14-6-2-4-10(11)12/h2-9H2,1H3,(H3,11,12). The van der Waals surface area contributed by atoms with Crippen LogP contribution in [0.1, 0.15) is 19.3 Å². The number of methoxy groups -OCH3 is 1. The lowest BCUT2D eigenvalue weighted by Crippen LogP contribution is -2.11. The quantitative estimate of drug-likeness (QED) is 0.305. The van der Waals surface area contributed by atoms with Crippen molar-refractivity contribution in [1.82, 2.24) is 0 Å². The van der Waals surface area contributed by atoms with Gasteiger partial charge in [-0.05, 0) is 12.8 Å². The predicted octanol–water partition coefficient (Wildman–Crippen LogP) is 0.772. The fraction of sp³-hybridized carbons (Fsp3) is 0.900. The van der Waals surface area contributed by atoms with Crippen LogP contribution < -0.4 is 5.73 Å². The van der Waals surface area contributed by atoms with Crippen LogP contribution in [-0.4, -0.2) is 46.0 Å². The summed E-state index contributed by atoms with van der Waals surface area (Å²) in [7, 11) is 1.68. The van der Waals surface area contributed by atoms with Crippen LogP contribution in [0.4, 0.5) is 0 Å². The Balaban J connectivity index is 2.89. The second-order valence-electron chi connectivity index (χ2n) is 3.20. The van der Waals surface area contributed by atoms with Crippen molar-refractivity contribution in [2.24, 2.45) is 5.73 Å². The third-order valence-electron chi connectivity index (χ3n) is 1.74. The van der Waals surface area contributed by atoms with Crippen molar-refractivity contribution < 1.29 is 14.2 Å². The van der Waals surface area contributed by atoms with E-state index in [1.54, 1.807) is 7.11 Å². The van der Waals surface area contributed by atoms with E-state index < -0.39 is 0 Å². The molecule has 0 aromatic rings. The topological polar surface area (TPSA) is 77.6 Å². The Hall–Kier alpha value is -0.650. The summed E-state index contributed by atoms with van der Waals surface area (Å²) in [6, 6.07) is 0. The zero-order chi connectivity index (χ0) is 11.4. The minimum atomic E-state index is 0.217. The van der Waals surface area contributed by atoms with E-state index in [9.17, 15) is 0 Å². The van der Waals surface area contributed by atoms with E-state index in [4.69, 9.17) is 25.4 Å². The Morgan fingerprint density at radius 1 is 1.00 bits per heavy atom. The third-order valence-corrected chi connectivity index (χ3v) is 1.74. The van der Waals surface area contributed by atoms with E-state index in [1.807, 2.05) is 0 Å². The van der Waals surface area contributed by atoms with Gasteiger partial charge in [-0.25, -0.2) is 0 Å². The first kappa shape index (κ1) is 14.3. The van der Waals surface area contributed by atoms with Crippen molar-refractivity contribution >= 4 is 5.84 Å². The number of rotatable bonds is 11. The maximum atomic E-state index is 6.99. The predicted molar refractivity (Wildman–Crippen MR) is 59.3 cm³/mol. The molecule has 0 saturated heterocycles. The molecule has 0 aliphatic heterocycles. The summed E-state index contributed by atoms with van der Waals surface area (Å²) in [5, 5.41) is 6.99. The van der Waals surface area contributed by atoms with E-state index in [0.29, 0.717) is 32.8 Å². The molecule has 0 aliphatic carbocycles. The minimum absolute atomic E-state index is 0.217. The number of hydrogen-bond acceptors (Lipinski definition) is 4. The molecule has 5 nitrogen and oxygen atoms in total. The van der Waals surface area contributed by atoms with Crippen molar-refractivity contribution in [2.75, 3.05) is 40.1 Å². The molecule has 90 valence electrons. The molecule has 0 unspecified atom stereocenters. The van der Waals surface area contributed by atoms with E-state index in [0.717, 1.165) is 19.4 Å². The highest BCUT2D eigenvalue weighted by Crippen LogP contribution is 1.90. The normalized spacial score (nSPS) is 10.5. The average Bonchev–Trinajstić information content (AvgIpc) is 2.20. The van der Waals surface area contributed by atoms with Gasteiger partial charge in [0.25, 0.3) is 0 Å². The molecule has 0 saturated carbocycles. The van der Waals surface area contributed by atoms with Gasteiger partial charge in [0.15, 0.2) is 0 Å². The molecule has 0 amide bonds. The molecule has 0 rings (SSSR count). The zero-order valence-corrected chi connectivity index (χ0v) is 9.46. The fourth-order valence-corrected chi connectivity index (χ4v) is 0.992. The maximum absolute atomic E-state index is 6.99. The van der Waals surface area contributed by atoms with E-state index in [1.165, 1.54) is 0 Å². The molecule has 0 atom stereocenters. The molecule has 3 N–H and O–H groups in total. The molecular formula is C10H22N2O3. The van der Waals surface area contributed by atoms with Crippen LogP contribution in [0.5, 0.6) is 0 Å². The van der Waals surface area contributed by atoms with Gasteiger partial charge in [0.05, 0.1) is 19.0 Å². The Labute approximate surface area is 91.4 Å². The summed E-state index contributed by atoms with van der Waals surface area (Å²) in [5.74, 6) is 0.217. The molecule has 0 aromatic carbocycles. The van der Waals surface area contributed by atoms with Crippen LogP contribution in [-0.2, 0) is 14.2 Å². The first-order valence-electron chi connectivity index (χ1n) is 5.24. The van der Waals surface area contributed by atoms with Crippen LogP contribution in [0.25, 0.3) is 0 Å². The third kappa shape index (κ3) is 13.3. The van der Waals surface area contributed by atoms with Crippen LogP contribution in [0, 0.1) is 5.41 Å². The second kappa shape index (κ2) is 11.4. The molecule has 0 fully saturated rings. The fourth-order valence-electron chi connectivity index (χ4n) is 0.992. The number of hydrogen-bond donors (Lipinski definition) is 2. The zero-order valence-electron chi connectivity index (χ0n) is 9.46. The van der Waals surface area contributed by atoms with Crippen molar-refractivity contribution in [1.29, 1.82) is 5.41 Å².